The van der Waals surface area contributed by atoms with Gasteiger partial charge in [-0.1, -0.05) is 0 Å². The van der Waals surface area contributed by atoms with Crippen LogP contribution in [0.25, 0.3) is 0 Å². The van der Waals surface area contributed by atoms with E-state index in [2.05, 4.69) is 12.2 Å². The number of nitrogens with two attached hydrogens (primary N) is 1. The molecule has 3 N–H and O–H groups in total. The molecule has 0 spiro atoms. The first kappa shape index (κ1) is 12.8. The Morgan fingerprint density at radius 2 is 2.12 bits per heavy atom. The lowest BCUT2D eigenvalue weighted by Crippen LogP contribution is -2.43. The second kappa shape index (κ2) is 5.36. The van der Waals surface area contributed by atoms with Crippen LogP contribution in [0.5, 0.6) is 0 Å². The molecule has 1 amide bonds. The van der Waals surface area contributed by atoms with Crippen molar-refractivity contribution in [3.8, 4) is 0 Å². The van der Waals surface area contributed by atoms with Crippen molar-refractivity contribution in [2.24, 2.45) is 11.7 Å². The Balaban J connectivity index is 1.73. The lowest BCUT2D eigenvalue weighted by molar-refractivity contribution is -0.127. The van der Waals surface area contributed by atoms with Crippen LogP contribution in [0.15, 0.2) is 0 Å². The van der Waals surface area contributed by atoms with Crippen molar-refractivity contribution >= 4 is 5.91 Å². The van der Waals surface area contributed by atoms with Crippen LogP contribution >= 0.6 is 0 Å². The van der Waals surface area contributed by atoms with Crippen LogP contribution in [0.2, 0.25) is 0 Å². The Bertz CT molecular complexity index is 267. The quantitative estimate of drug-likeness (QED) is 0.779. The third kappa shape index (κ3) is 3.42. The molecule has 98 valence electrons. The average molecular weight is 240 g/mol. The first-order chi connectivity index (χ1) is 8.09. The molecule has 0 radical (unpaired) electrons. The Morgan fingerprint density at radius 3 is 2.71 bits per heavy atom. The topological polar surface area (TPSA) is 64.4 Å². The summed E-state index contributed by atoms with van der Waals surface area (Å²) >= 11 is 0. The fraction of sp³-hybridized carbons (Fsp3) is 0.923. The lowest BCUT2D eigenvalue weighted by Gasteiger charge is -2.28. The third-order valence-electron chi connectivity index (χ3n) is 4.08. The van der Waals surface area contributed by atoms with E-state index in [1.807, 2.05) is 0 Å². The number of carbonyl (C=O) groups excluding carboxylic acids is 1. The summed E-state index contributed by atoms with van der Waals surface area (Å²) in [6, 6.07) is 0.301. The van der Waals surface area contributed by atoms with Gasteiger partial charge < -0.3 is 15.8 Å². The second-order valence-electron chi connectivity index (χ2n) is 5.73. The summed E-state index contributed by atoms with van der Waals surface area (Å²) in [4.78, 5) is 12.0. The standard InChI is InChI=1S/C13H24N2O2/c1-13(7-2-8-17-13)9-15-12(16)10-3-5-11(14)6-4-10/h10-11H,2-9,14H2,1H3,(H,15,16). The van der Waals surface area contributed by atoms with Gasteiger partial charge in [0.15, 0.2) is 0 Å². The molecule has 0 aromatic carbocycles. The largest absolute Gasteiger partial charge is 0.373 e. The number of carbonyl (C=O) groups is 1. The van der Waals surface area contributed by atoms with Crippen molar-refractivity contribution in [2.75, 3.05) is 13.2 Å². The Kier molecular flexibility index (Phi) is 4.05. The van der Waals surface area contributed by atoms with Crippen LogP contribution in [0, 0.1) is 5.92 Å². The first-order valence-corrected chi connectivity index (χ1v) is 6.76. The third-order valence-corrected chi connectivity index (χ3v) is 4.08. The van der Waals surface area contributed by atoms with Crippen LogP contribution < -0.4 is 11.1 Å². The van der Waals surface area contributed by atoms with E-state index in [0.717, 1.165) is 45.1 Å². The smallest absolute Gasteiger partial charge is 0.223 e. The van der Waals surface area contributed by atoms with E-state index in [-0.39, 0.29) is 17.4 Å². The molecule has 0 aromatic heterocycles. The van der Waals surface area contributed by atoms with Crippen LogP contribution in [-0.4, -0.2) is 30.7 Å². The van der Waals surface area contributed by atoms with Crippen molar-refractivity contribution in [1.29, 1.82) is 0 Å². The highest BCUT2D eigenvalue weighted by atomic mass is 16.5. The summed E-state index contributed by atoms with van der Waals surface area (Å²) in [7, 11) is 0. The molecule has 1 saturated heterocycles. The molecular formula is C13H24N2O2. The minimum Gasteiger partial charge on any atom is -0.373 e. The number of hydrogen-bond acceptors (Lipinski definition) is 3. The van der Waals surface area contributed by atoms with Crippen molar-refractivity contribution in [2.45, 2.75) is 57.1 Å². The molecule has 1 aliphatic carbocycles. The van der Waals surface area contributed by atoms with Gasteiger partial charge in [0, 0.05) is 25.1 Å². The van der Waals surface area contributed by atoms with Crippen molar-refractivity contribution in [3.63, 3.8) is 0 Å². The lowest BCUT2D eigenvalue weighted by atomic mass is 9.86. The van der Waals surface area contributed by atoms with E-state index in [1.54, 1.807) is 0 Å². The van der Waals surface area contributed by atoms with Gasteiger partial charge in [-0.2, -0.15) is 0 Å². The van der Waals surface area contributed by atoms with Gasteiger partial charge in [-0.25, -0.2) is 0 Å². The monoisotopic (exact) mass is 240 g/mol. The van der Waals surface area contributed by atoms with E-state index in [1.165, 1.54) is 0 Å². The Hall–Kier alpha value is -0.610. The number of hydrogen-bond donors (Lipinski definition) is 2. The molecule has 1 aliphatic heterocycles. The molecule has 17 heavy (non-hydrogen) atoms. The number of amides is 1. The summed E-state index contributed by atoms with van der Waals surface area (Å²) in [6.07, 6.45) is 5.97. The predicted molar refractivity (Wildman–Crippen MR) is 66.5 cm³/mol. The fourth-order valence-corrected chi connectivity index (χ4v) is 2.78. The molecule has 4 nitrogen and oxygen atoms in total. The van der Waals surface area contributed by atoms with Gasteiger partial charge in [0.1, 0.15) is 0 Å². The minimum absolute atomic E-state index is 0.138. The highest BCUT2D eigenvalue weighted by molar-refractivity contribution is 5.78. The van der Waals surface area contributed by atoms with Gasteiger partial charge in [-0.15, -0.1) is 0 Å². The van der Waals surface area contributed by atoms with Gasteiger partial charge in [-0.3, -0.25) is 4.79 Å². The molecule has 1 saturated carbocycles. The zero-order chi connectivity index (χ0) is 12.3. The molecule has 2 rings (SSSR count). The summed E-state index contributed by atoms with van der Waals surface area (Å²) < 4.78 is 5.66. The average Bonchev–Trinajstić information content (AvgIpc) is 2.75. The minimum atomic E-state index is -0.138. The van der Waals surface area contributed by atoms with Crippen LogP contribution in [-0.2, 0) is 9.53 Å². The van der Waals surface area contributed by atoms with Gasteiger partial charge in [0.25, 0.3) is 0 Å². The molecule has 1 heterocycles. The zero-order valence-electron chi connectivity index (χ0n) is 10.7. The molecule has 0 bridgehead atoms. The van der Waals surface area contributed by atoms with Crippen LogP contribution in [0.1, 0.15) is 45.4 Å². The number of rotatable bonds is 3. The number of nitrogens with one attached hydrogen (secondary N) is 1. The van der Waals surface area contributed by atoms with Crippen molar-refractivity contribution in [3.05, 3.63) is 0 Å². The van der Waals surface area contributed by atoms with Gasteiger partial charge in [0.2, 0.25) is 5.91 Å². The maximum absolute atomic E-state index is 12.0. The molecule has 4 heteroatoms. The maximum Gasteiger partial charge on any atom is 0.223 e. The van der Waals surface area contributed by atoms with E-state index < -0.39 is 0 Å². The SMILES string of the molecule is CC1(CNC(=O)C2CCC(N)CC2)CCCO1. The molecule has 2 fully saturated rings. The molecule has 1 atom stereocenters. The Morgan fingerprint density at radius 1 is 1.41 bits per heavy atom. The summed E-state index contributed by atoms with van der Waals surface area (Å²) in [5.41, 5.74) is 5.70. The summed E-state index contributed by atoms with van der Waals surface area (Å²) in [6.45, 7) is 3.55. The second-order valence-corrected chi connectivity index (χ2v) is 5.73. The van der Waals surface area contributed by atoms with E-state index in [9.17, 15) is 4.79 Å². The fourth-order valence-electron chi connectivity index (χ4n) is 2.78. The van der Waals surface area contributed by atoms with Crippen molar-refractivity contribution in [1.82, 2.24) is 5.32 Å². The van der Waals surface area contributed by atoms with Crippen molar-refractivity contribution < 1.29 is 9.53 Å². The predicted octanol–water partition coefficient (Wildman–Crippen LogP) is 1.19. The van der Waals surface area contributed by atoms with Gasteiger partial charge in [0.05, 0.1) is 5.60 Å². The summed E-state index contributed by atoms with van der Waals surface area (Å²) in [5, 5.41) is 3.04. The normalized spacial score (nSPS) is 38.0. The first-order valence-electron chi connectivity index (χ1n) is 6.76. The highest BCUT2D eigenvalue weighted by Gasteiger charge is 2.31. The molecule has 0 aromatic rings. The van der Waals surface area contributed by atoms with Gasteiger partial charge >= 0.3 is 0 Å². The zero-order valence-corrected chi connectivity index (χ0v) is 10.7. The highest BCUT2D eigenvalue weighted by Crippen LogP contribution is 2.26. The molecule has 1 unspecified atom stereocenters. The van der Waals surface area contributed by atoms with Crippen LogP contribution in [0.3, 0.4) is 0 Å². The van der Waals surface area contributed by atoms with E-state index >= 15 is 0 Å². The maximum atomic E-state index is 12.0. The molecular weight excluding hydrogens is 216 g/mol. The molecule has 2 aliphatic rings. The summed E-state index contributed by atoms with van der Waals surface area (Å²) in [5.74, 6) is 0.355. The van der Waals surface area contributed by atoms with Crippen LogP contribution in [0.4, 0.5) is 0 Å². The van der Waals surface area contributed by atoms with E-state index in [0.29, 0.717) is 12.6 Å². The van der Waals surface area contributed by atoms with E-state index in [4.69, 9.17) is 10.5 Å². The number of ether oxygens (including phenoxy) is 1. The van der Waals surface area contributed by atoms with Gasteiger partial charge in [-0.05, 0) is 45.4 Å². The Labute approximate surface area is 103 Å².